The van der Waals surface area contributed by atoms with Crippen LogP contribution in [-0.4, -0.2) is 24.9 Å². The molecule has 9 aromatic carbocycles. The molecule has 0 aliphatic rings. The van der Waals surface area contributed by atoms with Gasteiger partial charge in [0.15, 0.2) is 23.3 Å². The van der Waals surface area contributed by atoms with Crippen LogP contribution in [0, 0.1) is 0 Å². The van der Waals surface area contributed by atoms with Crippen LogP contribution in [0.4, 0.5) is 0 Å². The summed E-state index contributed by atoms with van der Waals surface area (Å²) >= 11 is 0. The Morgan fingerprint density at radius 1 is 0.241 bits per heavy atom. The summed E-state index contributed by atoms with van der Waals surface area (Å²) < 4.78 is 0. The summed E-state index contributed by atoms with van der Waals surface area (Å²) in [5.41, 5.74) is 7.58. The molecule has 0 fully saturated rings. The van der Waals surface area contributed by atoms with Gasteiger partial charge in [0, 0.05) is 33.4 Å². The van der Waals surface area contributed by atoms with Crippen LogP contribution in [0.2, 0.25) is 0 Å². The minimum Gasteiger partial charge on any atom is -0.228 e. The summed E-state index contributed by atoms with van der Waals surface area (Å²) in [5.74, 6) is 2.53. The smallest absolute Gasteiger partial charge is 0.165 e. The highest BCUT2D eigenvalue weighted by atomic mass is 15.0. The average molecular weight is 740 g/mol. The number of fused-ring (bicyclic) bond motifs is 4. The van der Waals surface area contributed by atoms with E-state index in [0.717, 1.165) is 87.9 Å². The molecule has 270 valence electrons. The Morgan fingerprint density at radius 3 is 1.17 bits per heavy atom. The van der Waals surface area contributed by atoms with Crippen molar-refractivity contribution in [2.24, 2.45) is 0 Å². The molecule has 0 spiro atoms. The van der Waals surface area contributed by atoms with Gasteiger partial charge in [-0.15, -0.1) is 0 Å². The van der Waals surface area contributed by atoms with Gasteiger partial charge in [-0.05, 0) is 49.2 Å². The molecule has 58 heavy (non-hydrogen) atoms. The minimum absolute atomic E-state index is 0.609. The van der Waals surface area contributed by atoms with Crippen LogP contribution in [0.1, 0.15) is 0 Å². The molecule has 0 amide bonds. The molecule has 11 aromatic rings. The predicted molar refractivity (Wildman–Crippen MR) is 238 cm³/mol. The normalized spacial score (nSPS) is 11.4. The molecule has 0 aliphatic heterocycles. The quantitative estimate of drug-likeness (QED) is 0.159. The highest BCUT2D eigenvalue weighted by Gasteiger charge is 2.23. The van der Waals surface area contributed by atoms with Crippen LogP contribution >= 0.6 is 0 Å². The molecule has 0 saturated heterocycles. The Labute approximate surface area is 335 Å². The lowest BCUT2D eigenvalue weighted by atomic mass is 9.89. The molecule has 0 radical (unpaired) electrons. The van der Waals surface area contributed by atoms with Crippen LogP contribution < -0.4 is 0 Å². The summed E-state index contributed by atoms with van der Waals surface area (Å²) in [5, 5.41) is 8.57. The van der Waals surface area contributed by atoms with Crippen molar-refractivity contribution in [3.05, 3.63) is 200 Å². The van der Waals surface area contributed by atoms with Gasteiger partial charge in [0.25, 0.3) is 0 Å². The van der Waals surface area contributed by atoms with E-state index < -0.39 is 0 Å². The maximum absolute atomic E-state index is 5.39. The van der Waals surface area contributed by atoms with Gasteiger partial charge in [0.05, 0.1) is 11.4 Å². The van der Waals surface area contributed by atoms with E-state index in [0.29, 0.717) is 23.3 Å². The molecule has 2 aromatic heterocycles. The number of nitrogens with zero attached hydrogens (tertiary/aromatic N) is 5. The lowest BCUT2D eigenvalue weighted by molar-refractivity contribution is 1.08. The van der Waals surface area contributed by atoms with Crippen LogP contribution in [0.5, 0.6) is 0 Å². The van der Waals surface area contributed by atoms with E-state index in [1.807, 2.05) is 36.4 Å². The molecular formula is C53H33N5. The Balaban J connectivity index is 1.22. The summed E-state index contributed by atoms with van der Waals surface area (Å²) in [6, 6.07) is 69.2. The third kappa shape index (κ3) is 5.76. The number of benzene rings is 9. The van der Waals surface area contributed by atoms with Gasteiger partial charge in [0.1, 0.15) is 0 Å². The van der Waals surface area contributed by atoms with Crippen molar-refractivity contribution in [1.82, 2.24) is 24.9 Å². The van der Waals surface area contributed by atoms with E-state index >= 15 is 0 Å². The number of aromatic nitrogens is 5. The fourth-order valence-electron chi connectivity index (χ4n) is 8.26. The lowest BCUT2D eigenvalue weighted by Gasteiger charge is -2.18. The first-order valence-electron chi connectivity index (χ1n) is 19.4. The molecule has 11 rings (SSSR count). The largest absolute Gasteiger partial charge is 0.228 e. The fraction of sp³-hybridized carbons (Fsp3) is 0. The lowest BCUT2D eigenvalue weighted by Crippen LogP contribution is -2.03. The zero-order chi connectivity index (χ0) is 38.4. The van der Waals surface area contributed by atoms with Crippen LogP contribution in [0.15, 0.2) is 200 Å². The molecule has 0 unspecified atom stereocenters. The Bertz CT molecular complexity index is 3120. The molecule has 2 heterocycles. The first kappa shape index (κ1) is 33.4. The topological polar surface area (TPSA) is 64.5 Å². The van der Waals surface area contributed by atoms with E-state index in [4.69, 9.17) is 24.9 Å². The summed E-state index contributed by atoms with van der Waals surface area (Å²) in [4.78, 5) is 26.5. The summed E-state index contributed by atoms with van der Waals surface area (Å²) in [6.07, 6.45) is 0. The Hall–Kier alpha value is -7.89. The highest BCUT2D eigenvalue weighted by Crippen LogP contribution is 2.44. The molecule has 0 atom stereocenters. The average Bonchev–Trinajstić information content (AvgIpc) is 3.30. The molecular weight excluding hydrogens is 707 g/mol. The monoisotopic (exact) mass is 739 g/mol. The second-order valence-corrected chi connectivity index (χ2v) is 14.4. The van der Waals surface area contributed by atoms with Crippen LogP contribution in [0.25, 0.3) is 111 Å². The van der Waals surface area contributed by atoms with E-state index in [2.05, 4.69) is 164 Å². The second-order valence-electron chi connectivity index (χ2n) is 14.4. The zero-order valence-corrected chi connectivity index (χ0v) is 31.3. The second kappa shape index (κ2) is 14.0. The van der Waals surface area contributed by atoms with Crippen molar-refractivity contribution < 1.29 is 0 Å². The maximum atomic E-state index is 5.39. The van der Waals surface area contributed by atoms with Crippen molar-refractivity contribution in [3.63, 3.8) is 0 Å². The number of hydrogen-bond acceptors (Lipinski definition) is 5. The van der Waals surface area contributed by atoms with Crippen molar-refractivity contribution in [2.75, 3.05) is 0 Å². The van der Waals surface area contributed by atoms with E-state index in [9.17, 15) is 0 Å². The molecule has 0 aliphatic carbocycles. The van der Waals surface area contributed by atoms with Gasteiger partial charge >= 0.3 is 0 Å². The number of rotatable bonds is 6. The third-order valence-corrected chi connectivity index (χ3v) is 10.9. The minimum atomic E-state index is 0.609. The fourth-order valence-corrected chi connectivity index (χ4v) is 8.26. The summed E-state index contributed by atoms with van der Waals surface area (Å²) in [7, 11) is 0. The van der Waals surface area contributed by atoms with E-state index in [1.54, 1.807) is 0 Å². The first-order valence-corrected chi connectivity index (χ1v) is 19.4. The van der Waals surface area contributed by atoms with Crippen molar-refractivity contribution >= 4 is 43.1 Å². The Morgan fingerprint density at radius 2 is 0.638 bits per heavy atom. The third-order valence-electron chi connectivity index (χ3n) is 10.9. The summed E-state index contributed by atoms with van der Waals surface area (Å²) in [6.45, 7) is 0. The van der Waals surface area contributed by atoms with Gasteiger partial charge in [-0.25, -0.2) is 24.9 Å². The maximum Gasteiger partial charge on any atom is 0.165 e. The van der Waals surface area contributed by atoms with Crippen molar-refractivity contribution in [2.45, 2.75) is 0 Å². The van der Waals surface area contributed by atoms with Gasteiger partial charge in [-0.3, -0.25) is 0 Å². The van der Waals surface area contributed by atoms with Gasteiger partial charge in [-0.1, -0.05) is 194 Å². The standard InChI is InChI=1S/C53H33N5/c1-3-19-36(20-4-1)46-33-47(55-50(54-46)37-21-5-2-6-22-37)48-40-27-11-13-29-42(40)49(43-30-14-12-28-41(43)48)53-57-51(44-31-15-23-34-17-7-9-25-38(34)44)56-52(58-53)45-32-16-24-35-18-8-10-26-39(35)45/h1-33H. The van der Waals surface area contributed by atoms with Gasteiger partial charge in [-0.2, -0.15) is 0 Å². The molecule has 0 saturated carbocycles. The van der Waals surface area contributed by atoms with Crippen LogP contribution in [0.3, 0.4) is 0 Å². The predicted octanol–water partition coefficient (Wildman–Crippen LogP) is 13.3. The van der Waals surface area contributed by atoms with E-state index in [1.165, 1.54) is 0 Å². The first-order chi connectivity index (χ1) is 28.8. The van der Waals surface area contributed by atoms with Crippen molar-refractivity contribution in [3.8, 4) is 68.1 Å². The molecule has 0 bridgehead atoms. The molecule has 5 heteroatoms. The zero-order valence-electron chi connectivity index (χ0n) is 31.3. The highest BCUT2D eigenvalue weighted by molar-refractivity contribution is 6.20. The van der Waals surface area contributed by atoms with Crippen LogP contribution in [-0.2, 0) is 0 Å². The van der Waals surface area contributed by atoms with Crippen molar-refractivity contribution in [1.29, 1.82) is 0 Å². The molecule has 0 N–H and O–H groups in total. The number of hydrogen-bond donors (Lipinski definition) is 0. The molecule has 5 nitrogen and oxygen atoms in total. The Kier molecular flexibility index (Phi) is 8.07. The van der Waals surface area contributed by atoms with Gasteiger partial charge in [0.2, 0.25) is 0 Å². The van der Waals surface area contributed by atoms with E-state index in [-0.39, 0.29) is 0 Å². The SMILES string of the molecule is c1ccc(-c2cc(-c3c4ccccc4c(-c4nc(-c5cccc6ccccc56)nc(-c5cccc6ccccc56)n4)c4ccccc34)nc(-c3ccccc3)n2)cc1. The van der Waals surface area contributed by atoms with Gasteiger partial charge < -0.3 is 0 Å².